The summed E-state index contributed by atoms with van der Waals surface area (Å²) in [5.74, 6) is 0.401. The predicted octanol–water partition coefficient (Wildman–Crippen LogP) is 0.942. The smallest absolute Gasteiger partial charge is 0.315 e. The number of carbonyl (C=O) groups is 1. The zero-order valence-electron chi connectivity index (χ0n) is 14.2. The number of rotatable bonds is 4. The van der Waals surface area contributed by atoms with Crippen molar-refractivity contribution in [1.29, 1.82) is 0 Å². The third-order valence-corrected chi connectivity index (χ3v) is 4.12. The van der Waals surface area contributed by atoms with Crippen LogP contribution >= 0.6 is 0 Å². The monoisotopic (exact) mass is 342 g/mol. The van der Waals surface area contributed by atoms with Crippen molar-refractivity contribution >= 4 is 11.8 Å². The molecule has 1 aliphatic rings. The van der Waals surface area contributed by atoms with Crippen LogP contribution in [0.5, 0.6) is 0 Å². The van der Waals surface area contributed by atoms with Gasteiger partial charge in [0.15, 0.2) is 5.82 Å². The molecule has 1 fully saturated rings. The Hall–Kier alpha value is -2.90. The van der Waals surface area contributed by atoms with Gasteiger partial charge in [-0.2, -0.15) is 0 Å². The number of hydrogen-bond acceptors (Lipinski definition) is 5. The highest BCUT2D eigenvalue weighted by molar-refractivity contribution is 5.74. The molecule has 1 atom stereocenters. The summed E-state index contributed by atoms with van der Waals surface area (Å²) in [5, 5.41) is 5.79. The normalized spacial score (nSPS) is 17.2. The largest absolute Gasteiger partial charge is 0.350 e. The van der Waals surface area contributed by atoms with Crippen LogP contribution in [-0.4, -0.2) is 40.1 Å². The van der Waals surface area contributed by atoms with Crippen LogP contribution < -0.4 is 21.1 Å². The first kappa shape index (κ1) is 16.9. The van der Waals surface area contributed by atoms with Gasteiger partial charge in [-0.15, -0.1) is 0 Å². The molecule has 3 heterocycles. The highest BCUT2D eigenvalue weighted by atomic mass is 16.2. The summed E-state index contributed by atoms with van der Waals surface area (Å²) in [6.45, 7) is 3.62. The lowest BCUT2D eigenvalue weighted by Gasteiger charge is -2.33. The Kier molecular flexibility index (Phi) is 5.27. The fraction of sp³-hybridized carbons (Fsp3) is 0.412. The maximum absolute atomic E-state index is 12.1. The average molecular weight is 342 g/mol. The quantitative estimate of drug-likeness (QED) is 0.767. The first-order valence-electron chi connectivity index (χ1n) is 8.37. The lowest BCUT2D eigenvalue weighted by molar-refractivity contribution is 0.234. The molecule has 0 unspecified atom stereocenters. The highest BCUT2D eigenvalue weighted by Crippen LogP contribution is 2.14. The molecule has 2 aromatic rings. The Balaban J connectivity index is 1.53. The third kappa shape index (κ3) is 4.56. The average Bonchev–Trinajstić information content (AvgIpc) is 2.61. The maximum Gasteiger partial charge on any atom is 0.315 e. The summed E-state index contributed by atoms with van der Waals surface area (Å²) in [5.41, 5.74) is 1.53. The van der Waals surface area contributed by atoms with Crippen molar-refractivity contribution in [2.24, 2.45) is 0 Å². The van der Waals surface area contributed by atoms with Gasteiger partial charge < -0.3 is 20.5 Å². The van der Waals surface area contributed by atoms with E-state index >= 15 is 0 Å². The van der Waals surface area contributed by atoms with Gasteiger partial charge in [0.2, 0.25) is 0 Å². The van der Waals surface area contributed by atoms with Crippen molar-refractivity contribution in [2.45, 2.75) is 32.4 Å². The summed E-state index contributed by atoms with van der Waals surface area (Å²) in [6.07, 6.45) is 4.84. The Morgan fingerprint density at radius 1 is 1.44 bits per heavy atom. The summed E-state index contributed by atoms with van der Waals surface area (Å²) >= 11 is 0. The molecule has 0 bridgehead atoms. The summed E-state index contributed by atoms with van der Waals surface area (Å²) in [4.78, 5) is 37.0. The van der Waals surface area contributed by atoms with E-state index in [1.54, 1.807) is 6.20 Å². The minimum Gasteiger partial charge on any atom is -0.350 e. The van der Waals surface area contributed by atoms with Crippen molar-refractivity contribution in [3.05, 3.63) is 52.3 Å². The molecule has 1 saturated heterocycles. The summed E-state index contributed by atoms with van der Waals surface area (Å²) < 4.78 is 0. The molecule has 0 aromatic carbocycles. The molecule has 132 valence electrons. The Labute approximate surface area is 145 Å². The van der Waals surface area contributed by atoms with E-state index in [-0.39, 0.29) is 17.6 Å². The van der Waals surface area contributed by atoms with E-state index in [0.717, 1.165) is 30.8 Å². The van der Waals surface area contributed by atoms with E-state index in [2.05, 4.69) is 25.6 Å². The van der Waals surface area contributed by atoms with Crippen LogP contribution in [0.2, 0.25) is 0 Å². The van der Waals surface area contributed by atoms with Gasteiger partial charge in [0.05, 0.1) is 12.2 Å². The van der Waals surface area contributed by atoms with E-state index in [4.69, 9.17) is 0 Å². The van der Waals surface area contributed by atoms with Crippen molar-refractivity contribution in [1.82, 2.24) is 25.6 Å². The number of hydrogen-bond donors (Lipinski definition) is 3. The van der Waals surface area contributed by atoms with Crippen LogP contribution in [0.25, 0.3) is 0 Å². The summed E-state index contributed by atoms with van der Waals surface area (Å²) in [7, 11) is 0. The molecule has 2 amide bonds. The number of urea groups is 1. The Bertz CT molecular complexity index is 790. The number of H-pyrrole nitrogens is 1. The van der Waals surface area contributed by atoms with Gasteiger partial charge in [-0.3, -0.25) is 9.78 Å². The SMILES string of the molecule is Cc1cccc(CNC(=O)N[C@@H]2CCCN(c3ncc[nH]c3=O)C2)n1. The molecule has 8 heteroatoms. The molecular weight excluding hydrogens is 320 g/mol. The number of nitrogens with one attached hydrogen (secondary N) is 3. The van der Waals surface area contributed by atoms with Crippen LogP contribution in [-0.2, 0) is 6.54 Å². The fourth-order valence-electron chi connectivity index (χ4n) is 2.96. The standard InChI is InChI=1S/C17H22N6O2/c1-12-4-2-5-13(21-12)10-20-17(25)22-14-6-3-9-23(11-14)15-16(24)19-8-7-18-15/h2,4-5,7-8,14H,3,6,9-11H2,1H3,(H,19,24)(H2,20,22,25)/t14-/m1/s1. The number of anilines is 1. The molecule has 0 radical (unpaired) electrons. The fourth-order valence-corrected chi connectivity index (χ4v) is 2.96. The van der Waals surface area contributed by atoms with Crippen molar-refractivity contribution in [2.75, 3.05) is 18.0 Å². The summed E-state index contributed by atoms with van der Waals surface area (Å²) in [6, 6.07) is 5.45. The highest BCUT2D eigenvalue weighted by Gasteiger charge is 2.23. The van der Waals surface area contributed by atoms with Crippen LogP contribution in [0, 0.1) is 6.92 Å². The van der Waals surface area contributed by atoms with Crippen molar-refractivity contribution < 1.29 is 4.79 Å². The molecule has 25 heavy (non-hydrogen) atoms. The number of carbonyl (C=O) groups excluding carboxylic acids is 1. The van der Waals surface area contributed by atoms with Gasteiger partial charge in [-0.1, -0.05) is 6.07 Å². The Morgan fingerprint density at radius 2 is 2.32 bits per heavy atom. The molecule has 2 aromatic heterocycles. The first-order chi connectivity index (χ1) is 12.1. The molecular formula is C17H22N6O2. The van der Waals surface area contributed by atoms with E-state index in [0.29, 0.717) is 18.9 Å². The molecule has 0 saturated carbocycles. The topological polar surface area (TPSA) is 103 Å². The minimum absolute atomic E-state index is 0.0272. The second kappa shape index (κ2) is 7.78. The Morgan fingerprint density at radius 3 is 3.12 bits per heavy atom. The molecule has 1 aliphatic heterocycles. The van der Waals surface area contributed by atoms with E-state index < -0.39 is 0 Å². The van der Waals surface area contributed by atoms with Crippen LogP contribution in [0.4, 0.5) is 10.6 Å². The van der Waals surface area contributed by atoms with E-state index in [1.165, 1.54) is 6.20 Å². The second-order valence-corrected chi connectivity index (χ2v) is 6.12. The van der Waals surface area contributed by atoms with Gasteiger partial charge in [0.25, 0.3) is 5.56 Å². The zero-order valence-corrected chi connectivity index (χ0v) is 14.2. The van der Waals surface area contributed by atoms with Crippen molar-refractivity contribution in [3.8, 4) is 0 Å². The van der Waals surface area contributed by atoms with Gasteiger partial charge in [0.1, 0.15) is 0 Å². The molecule has 3 N–H and O–H groups in total. The van der Waals surface area contributed by atoms with E-state index in [1.807, 2.05) is 30.0 Å². The van der Waals surface area contributed by atoms with Crippen LogP contribution in [0.3, 0.4) is 0 Å². The van der Waals surface area contributed by atoms with Gasteiger partial charge in [-0.25, -0.2) is 9.78 Å². The molecule has 3 rings (SSSR count). The second-order valence-electron chi connectivity index (χ2n) is 6.12. The number of piperidine rings is 1. The molecule has 0 spiro atoms. The van der Waals surface area contributed by atoms with Crippen LogP contribution in [0.1, 0.15) is 24.2 Å². The predicted molar refractivity (Wildman–Crippen MR) is 94.4 cm³/mol. The van der Waals surface area contributed by atoms with Gasteiger partial charge >= 0.3 is 6.03 Å². The van der Waals surface area contributed by atoms with Gasteiger partial charge in [0, 0.05) is 37.2 Å². The number of amides is 2. The number of aromatic amines is 1. The minimum atomic E-state index is -0.231. The maximum atomic E-state index is 12.1. The zero-order chi connectivity index (χ0) is 17.6. The van der Waals surface area contributed by atoms with E-state index in [9.17, 15) is 9.59 Å². The first-order valence-corrected chi connectivity index (χ1v) is 8.37. The lowest BCUT2D eigenvalue weighted by atomic mass is 10.1. The lowest BCUT2D eigenvalue weighted by Crippen LogP contribution is -2.51. The third-order valence-electron chi connectivity index (χ3n) is 4.12. The van der Waals surface area contributed by atoms with Crippen LogP contribution in [0.15, 0.2) is 35.4 Å². The number of aryl methyl sites for hydroxylation is 1. The van der Waals surface area contributed by atoms with Crippen molar-refractivity contribution in [3.63, 3.8) is 0 Å². The number of pyridine rings is 1. The van der Waals surface area contributed by atoms with Gasteiger partial charge in [-0.05, 0) is 31.9 Å². The molecule has 8 nitrogen and oxygen atoms in total. The number of nitrogens with zero attached hydrogens (tertiary/aromatic N) is 3. The number of aromatic nitrogens is 3. The molecule has 0 aliphatic carbocycles.